The second-order valence-electron chi connectivity index (χ2n) is 6.01. The molecule has 1 N–H and O–H groups in total. The van der Waals surface area contributed by atoms with Crippen molar-refractivity contribution in [1.82, 2.24) is 5.32 Å². The van der Waals surface area contributed by atoms with Gasteiger partial charge < -0.3 is 5.32 Å². The molecule has 138 valence electrons. The average Bonchev–Trinajstić information content (AvgIpc) is 2.74. The van der Waals surface area contributed by atoms with Gasteiger partial charge in [0, 0.05) is 24.6 Å². The zero-order valence-electron chi connectivity index (χ0n) is 14.5. The van der Waals surface area contributed by atoms with Crippen LogP contribution in [0.3, 0.4) is 0 Å². The average molecular weight is 517 g/mol. The number of hydrogen-bond donors (Lipinski definition) is 1. The lowest BCUT2D eigenvalue weighted by Crippen LogP contribution is -2.29. The van der Waals surface area contributed by atoms with Gasteiger partial charge in [0.05, 0.1) is 5.69 Å². The standard InChI is InChI=1S/C22H14ClIN2OS/c23-16-11-12-18-17(13-16)20(19(24)14-7-3-1-4-8-14)28-22(25-18)26-21(27)15-9-5-2-6-10-15/h1-13H,(H,25,26,27)/b20-19+. The minimum atomic E-state index is -0.182. The van der Waals surface area contributed by atoms with E-state index in [4.69, 9.17) is 11.6 Å². The molecule has 0 aliphatic carbocycles. The lowest BCUT2D eigenvalue weighted by molar-refractivity contribution is 0.0978. The smallest absolute Gasteiger partial charge is 0.257 e. The molecule has 0 fully saturated rings. The number of thioether (sulfide) groups is 1. The zero-order chi connectivity index (χ0) is 19.5. The summed E-state index contributed by atoms with van der Waals surface area (Å²) in [5, 5.41) is 4.13. The van der Waals surface area contributed by atoms with Crippen molar-refractivity contribution in [2.24, 2.45) is 4.99 Å². The predicted molar refractivity (Wildman–Crippen MR) is 127 cm³/mol. The van der Waals surface area contributed by atoms with Crippen LogP contribution in [0.4, 0.5) is 5.69 Å². The topological polar surface area (TPSA) is 41.5 Å². The maximum atomic E-state index is 12.6. The zero-order valence-corrected chi connectivity index (χ0v) is 18.3. The van der Waals surface area contributed by atoms with Crippen molar-refractivity contribution in [3.05, 3.63) is 101 Å². The molecule has 3 aromatic carbocycles. The molecule has 1 amide bonds. The molecule has 0 saturated carbocycles. The Balaban J connectivity index is 1.75. The Morgan fingerprint density at radius 2 is 1.57 bits per heavy atom. The highest BCUT2D eigenvalue weighted by molar-refractivity contribution is 14.1. The van der Waals surface area contributed by atoms with E-state index < -0.39 is 0 Å². The number of benzene rings is 3. The maximum absolute atomic E-state index is 12.6. The molecule has 28 heavy (non-hydrogen) atoms. The monoisotopic (exact) mass is 516 g/mol. The number of amides is 1. The second-order valence-corrected chi connectivity index (χ2v) is 8.52. The van der Waals surface area contributed by atoms with E-state index in [2.05, 4.69) is 45.0 Å². The van der Waals surface area contributed by atoms with Gasteiger partial charge in [0.2, 0.25) is 0 Å². The molecule has 4 rings (SSSR count). The number of rotatable bonds is 2. The molecule has 0 atom stereocenters. The predicted octanol–water partition coefficient (Wildman–Crippen LogP) is 6.77. The molecule has 0 unspecified atom stereocenters. The summed E-state index contributed by atoms with van der Waals surface area (Å²) in [6.45, 7) is 0. The molecule has 1 aliphatic heterocycles. The molecule has 1 heterocycles. The van der Waals surface area contributed by atoms with Crippen LogP contribution in [0.15, 0.2) is 83.9 Å². The molecule has 0 radical (unpaired) electrons. The molecule has 0 saturated heterocycles. The van der Waals surface area contributed by atoms with Crippen molar-refractivity contribution in [1.29, 1.82) is 0 Å². The Labute approximate surface area is 186 Å². The number of nitrogens with one attached hydrogen (secondary N) is 1. The minimum Gasteiger partial charge on any atom is -0.301 e. The third-order valence-electron chi connectivity index (χ3n) is 4.11. The van der Waals surface area contributed by atoms with Crippen molar-refractivity contribution < 1.29 is 4.79 Å². The van der Waals surface area contributed by atoms with E-state index >= 15 is 0 Å². The fraction of sp³-hybridized carbons (Fsp3) is 0. The molecular formula is C22H14ClIN2OS. The summed E-state index contributed by atoms with van der Waals surface area (Å²) in [6.07, 6.45) is 0. The van der Waals surface area contributed by atoms with Gasteiger partial charge in [-0.3, -0.25) is 4.79 Å². The van der Waals surface area contributed by atoms with Gasteiger partial charge >= 0.3 is 0 Å². The van der Waals surface area contributed by atoms with E-state index in [1.54, 1.807) is 12.1 Å². The first-order valence-corrected chi connectivity index (χ1v) is 10.8. The number of amidine groups is 1. The van der Waals surface area contributed by atoms with Crippen molar-refractivity contribution >= 4 is 71.2 Å². The first kappa shape index (κ1) is 19.2. The number of aliphatic imine (C=N–C) groups is 1. The van der Waals surface area contributed by atoms with Crippen LogP contribution >= 0.6 is 46.0 Å². The van der Waals surface area contributed by atoms with Crippen LogP contribution in [0, 0.1) is 0 Å². The van der Waals surface area contributed by atoms with Crippen LogP contribution in [0.2, 0.25) is 5.02 Å². The van der Waals surface area contributed by atoms with Crippen LogP contribution in [-0.4, -0.2) is 11.1 Å². The highest BCUT2D eigenvalue weighted by Crippen LogP contribution is 2.46. The number of nitrogens with zero attached hydrogens (tertiary/aromatic N) is 1. The van der Waals surface area contributed by atoms with Crippen molar-refractivity contribution in [2.75, 3.05) is 0 Å². The van der Waals surface area contributed by atoms with E-state index in [1.165, 1.54) is 11.8 Å². The minimum absolute atomic E-state index is 0.182. The fourth-order valence-corrected chi connectivity index (χ4v) is 4.88. The molecule has 6 heteroatoms. The van der Waals surface area contributed by atoms with Gasteiger partial charge in [0.1, 0.15) is 0 Å². The molecule has 0 spiro atoms. The maximum Gasteiger partial charge on any atom is 0.257 e. The van der Waals surface area contributed by atoms with Crippen molar-refractivity contribution in [2.45, 2.75) is 0 Å². The van der Waals surface area contributed by atoms with Crippen molar-refractivity contribution in [3.8, 4) is 0 Å². The van der Waals surface area contributed by atoms with Gasteiger partial charge in [-0.05, 0) is 70.2 Å². The van der Waals surface area contributed by atoms with E-state index in [0.717, 1.165) is 25.3 Å². The molecular weight excluding hydrogens is 503 g/mol. The Morgan fingerprint density at radius 3 is 2.25 bits per heavy atom. The number of halogens is 2. The van der Waals surface area contributed by atoms with E-state index in [9.17, 15) is 4.79 Å². The third-order valence-corrected chi connectivity index (χ3v) is 6.89. The first-order chi connectivity index (χ1) is 13.6. The Bertz CT molecular complexity index is 1100. The summed E-state index contributed by atoms with van der Waals surface area (Å²) in [7, 11) is 0. The highest BCUT2D eigenvalue weighted by Gasteiger charge is 2.23. The van der Waals surface area contributed by atoms with Crippen LogP contribution in [0.1, 0.15) is 21.5 Å². The number of hydrogen-bond acceptors (Lipinski definition) is 3. The number of carbonyl (C=O) groups excluding carboxylic acids is 1. The van der Waals surface area contributed by atoms with E-state index in [-0.39, 0.29) is 5.91 Å². The summed E-state index contributed by atoms with van der Waals surface area (Å²) >= 11 is 10.0. The quantitative estimate of drug-likeness (QED) is 0.382. The number of fused-ring (bicyclic) bond motifs is 1. The summed E-state index contributed by atoms with van der Waals surface area (Å²) < 4.78 is 1.08. The normalized spacial score (nSPS) is 14.7. The molecule has 0 bridgehead atoms. The summed E-state index contributed by atoms with van der Waals surface area (Å²) in [5.41, 5.74) is 3.44. The molecule has 3 nitrogen and oxygen atoms in total. The first-order valence-electron chi connectivity index (χ1n) is 8.50. The summed E-state index contributed by atoms with van der Waals surface area (Å²) in [6, 6.07) is 24.9. The largest absolute Gasteiger partial charge is 0.301 e. The Morgan fingerprint density at radius 1 is 0.929 bits per heavy atom. The SMILES string of the molecule is O=C(NC1=Nc2ccc(Cl)cc2/C(=C(\I)c2ccccc2)S1)c1ccccc1. The lowest BCUT2D eigenvalue weighted by Gasteiger charge is -2.20. The van der Waals surface area contributed by atoms with Gasteiger partial charge in [-0.2, -0.15) is 0 Å². The summed E-state index contributed by atoms with van der Waals surface area (Å²) in [4.78, 5) is 18.2. The Hall–Kier alpha value is -2.09. The summed E-state index contributed by atoms with van der Waals surface area (Å²) in [5.74, 6) is -0.182. The van der Waals surface area contributed by atoms with E-state index in [0.29, 0.717) is 15.8 Å². The lowest BCUT2D eigenvalue weighted by atomic mass is 10.1. The molecule has 0 aromatic heterocycles. The molecule has 3 aromatic rings. The van der Waals surface area contributed by atoms with Gasteiger partial charge in [-0.1, -0.05) is 60.1 Å². The van der Waals surface area contributed by atoms with Gasteiger partial charge in [0.25, 0.3) is 5.91 Å². The van der Waals surface area contributed by atoms with Crippen LogP contribution in [0.25, 0.3) is 8.48 Å². The van der Waals surface area contributed by atoms with Gasteiger partial charge in [0.15, 0.2) is 5.17 Å². The van der Waals surface area contributed by atoms with Crippen molar-refractivity contribution in [3.63, 3.8) is 0 Å². The van der Waals surface area contributed by atoms with Gasteiger partial charge in [-0.15, -0.1) is 0 Å². The number of carbonyl (C=O) groups is 1. The fourth-order valence-electron chi connectivity index (χ4n) is 2.76. The second kappa shape index (κ2) is 8.51. The van der Waals surface area contributed by atoms with Crippen LogP contribution in [-0.2, 0) is 0 Å². The molecule has 1 aliphatic rings. The van der Waals surface area contributed by atoms with Crippen LogP contribution < -0.4 is 5.32 Å². The third kappa shape index (κ3) is 4.16. The van der Waals surface area contributed by atoms with E-state index in [1.807, 2.05) is 54.6 Å². The van der Waals surface area contributed by atoms with Crippen LogP contribution in [0.5, 0.6) is 0 Å². The Kier molecular flexibility index (Phi) is 5.85. The highest BCUT2D eigenvalue weighted by atomic mass is 127. The van der Waals surface area contributed by atoms with Gasteiger partial charge in [-0.25, -0.2) is 4.99 Å².